The lowest BCUT2D eigenvalue weighted by atomic mass is 9.97. The molecular formula is C22H25NO3. The Morgan fingerprint density at radius 3 is 2.65 bits per heavy atom. The number of aryl methyl sites for hydroxylation is 1. The molecule has 2 aliphatic heterocycles. The Bertz CT molecular complexity index is 784. The van der Waals surface area contributed by atoms with E-state index in [1.165, 1.54) is 17.5 Å². The lowest BCUT2D eigenvalue weighted by Gasteiger charge is -2.19. The zero-order valence-electron chi connectivity index (χ0n) is 15.2. The number of ether oxygens (including phenoxy) is 2. The molecular weight excluding hydrogens is 326 g/mol. The molecule has 1 fully saturated rings. The van der Waals surface area contributed by atoms with Crippen LogP contribution in [0.4, 0.5) is 0 Å². The van der Waals surface area contributed by atoms with Gasteiger partial charge in [0.25, 0.3) is 0 Å². The number of hydrogen-bond acceptors (Lipinski definition) is 4. The van der Waals surface area contributed by atoms with Crippen LogP contribution in [0.5, 0.6) is 11.5 Å². The molecule has 0 bridgehead atoms. The number of benzene rings is 2. The minimum Gasteiger partial charge on any atom is -0.486 e. The van der Waals surface area contributed by atoms with Crippen molar-refractivity contribution in [3.05, 3.63) is 59.2 Å². The average molecular weight is 351 g/mol. The molecule has 4 nitrogen and oxygen atoms in total. The first-order chi connectivity index (χ1) is 12.7. The van der Waals surface area contributed by atoms with Crippen LogP contribution >= 0.6 is 0 Å². The van der Waals surface area contributed by atoms with Crippen molar-refractivity contribution in [1.82, 2.24) is 4.90 Å². The van der Waals surface area contributed by atoms with Gasteiger partial charge in [-0.2, -0.15) is 0 Å². The smallest absolute Gasteiger partial charge is 0.164 e. The van der Waals surface area contributed by atoms with Gasteiger partial charge >= 0.3 is 0 Å². The van der Waals surface area contributed by atoms with Crippen molar-refractivity contribution in [3.63, 3.8) is 0 Å². The molecule has 2 aliphatic rings. The minimum absolute atomic E-state index is 0.167. The van der Waals surface area contributed by atoms with Gasteiger partial charge in [0.05, 0.1) is 0 Å². The minimum atomic E-state index is 0.167. The number of carbonyl (C=O) groups is 1. The number of rotatable bonds is 5. The summed E-state index contributed by atoms with van der Waals surface area (Å²) in [7, 11) is 0. The van der Waals surface area contributed by atoms with Crippen molar-refractivity contribution < 1.29 is 14.3 Å². The summed E-state index contributed by atoms with van der Waals surface area (Å²) in [6.07, 6.45) is 1.71. The third-order valence-corrected chi connectivity index (χ3v) is 5.34. The predicted octanol–water partition coefficient (Wildman–Crippen LogP) is 3.83. The highest BCUT2D eigenvalue weighted by atomic mass is 16.6. The number of Topliss-reactive ketones (excluding diaryl/α,β-unsaturated/α-hetero) is 1. The Morgan fingerprint density at radius 2 is 1.85 bits per heavy atom. The molecule has 0 aromatic heterocycles. The normalized spacial score (nSPS) is 19.5. The number of fused-ring (bicyclic) bond motifs is 1. The molecule has 2 aromatic carbocycles. The van der Waals surface area contributed by atoms with Crippen LogP contribution < -0.4 is 9.47 Å². The van der Waals surface area contributed by atoms with Crippen molar-refractivity contribution in [2.75, 3.05) is 32.8 Å². The topological polar surface area (TPSA) is 38.8 Å². The monoisotopic (exact) mass is 351 g/mol. The SMILES string of the molecule is Cc1ccc(C2CCN(CCC(=O)c3ccc4c(c3)OCCO4)C2)cc1. The fraction of sp³-hybridized carbons (Fsp3) is 0.409. The molecule has 0 radical (unpaired) electrons. The Balaban J connectivity index is 1.31. The first kappa shape index (κ1) is 17.1. The van der Waals surface area contributed by atoms with E-state index in [1.807, 2.05) is 18.2 Å². The summed E-state index contributed by atoms with van der Waals surface area (Å²) in [6.45, 7) is 6.14. The molecule has 0 spiro atoms. The van der Waals surface area contributed by atoms with Crippen LogP contribution in [-0.4, -0.2) is 43.5 Å². The largest absolute Gasteiger partial charge is 0.486 e. The Kier molecular flexibility index (Phi) is 4.93. The summed E-state index contributed by atoms with van der Waals surface area (Å²) in [5, 5.41) is 0. The summed E-state index contributed by atoms with van der Waals surface area (Å²) >= 11 is 0. The molecule has 1 unspecified atom stereocenters. The molecule has 0 aliphatic carbocycles. The number of nitrogens with zero attached hydrogens (tertiary/aromatic N) is 1. The Labute approximate surface area is 154 Å². The van der Waals surface area contributed by atoms with Crippen LogP contribution in [-0.2, 0) is 0 Å². The van der Waals surface area contributed by atoms with Crippen LogP contribution in [0.2, 0.25) is 0 Å². The van der Waals surface area contributed by atoms with Gasteiger partial charge in [0, 0.05) is 25.1 Å². The zero-order valence-corrected chi connectivity index (χ0v) is 15.2. The third-order valence-electron chi connectivity index (χ3n) is 5.34. The molecule has 1 saturated heterocycles. The van der Waals surface area contributed by atoms with Gasteiger partial charge in [-0.3, -0.25) is 4.79 Å². The molecule has 0 N–H and O–H groups in total. The van der Waals surface area contributed by atoms with Crippen LogP contribution in [0.3, 0.4) is 0 Å². The van der Waals surface area contributed by atoms with E-state index in [0.717, 1.165) is 25.4 Å². The molecule has 0 saturated carbocycles. The first-order valence-corrected chi connectivity index (χ1v) is 9.41. The highest BCUT2D eigenvalue weighted by Crippen LogP contribution is 2.31. The number of ketones is 1. The van der Waals surface area contributed by atoms with Crippen molar-refractivity contribution in [2.45, 2.75) is 25.7 Å². The summed E-state index contributed by atoms with van der Waals surface area (Å²) in [5.74, 6) is 2.16. The van der Waals surface area contributed by atoms with Crippen molar-refractivity contribution >= 4 is 5.78 Å². The quantitative estimate of drug-likeness (QED) is 0.768. The highest BCUT2D eigenvalue weighted by molar-refractivity contribution is 5.96. The molecule has 26 heavy (non-hydrogen) atoms. The first-order valence-electron chi connectivity index (χ1n) is 9.41. The predicted molar refractivity (Wildman–Crippen MR) is 101 cm³/mol. The van der Waals surface area contributed by atoms with E-state index >= 15 is 0 Å². The lowest BCUT2D eigenvalue weighted by Crippen LogP contribution is -2.23. The average Bonchev–Trinajstić information content (AvgIpc) is 3.15. The van der Waals surface area contributed by atoms with E-state index in [4.69, 9.17) is 9.47 Å². The summed E-state index contributed by atoms with van der Waals surface area (Å²) in [6, 6.07) is 14.3. The van der Waals surface area contributed by atoms with Crippen molar-refractivity contribution in [3.8, 4) is 11.5 Å². The van der Waals surface area contributed by atoms with E-state index in [9.17, 15) is 4.79 Å². The second kappa shape index (κ2) is 7.50. The van der Waals surface area contributed by atoms with E-state index in [2.05, 4.69) is 36.1 Å². The summed E-state index contributed by atoms with van der Waals surface area (Å²) in [5.41, 5.74) is 3.42. The standard InChI is InChI=1S/C22H25NO3/c1-16-2-4-17(5-3-16)19-8-10-23(15-19)11-9-20(24)18-6-7-21-22(14-18)26-13-12-25-21/h2-7,14,19H,8-13,15H2,1H3. The number of carbonyl (C=O) groups excluding carboxylic acids is 1. The summed E-state index contributed by atoms with van der Waals surface area (Å²) < 4.78 is 11.1. The van der Waals surface area contributed by atoms with Gasteiger partial charge in [-0.15, -0.1) is 0 Å². The van der Waals surface area contributed by atoms with Crippen LogP contribution in [0, 0.1) is 6.92 Å². The van der Waals surface area contributed by atoms with Gasteiger partial charge in [-0.05, 0) is 49.6 Å². The molecule has 1 atom stereocenters. The fourth-order valence-electron chi connectivity index (χ4n) is 3.77. The van der Waals surface area contributed by atoms with E-state index in [1.54, 1.807) is 0 Å². The van der Waals surface area contributed by atoms with Crippen LogP contribution in [0.15, 0.2) is 42.5 Å². The van der Waals surface area contributed by atoms with E-state index < -0.39 is 0 Å². The maximum Gasteiger partial charge on any atom is 0.164 e. The zero-order chi connectivity index (χ0) is 17.9. The summed E-state index contributed by atoms with van der Waals surface area (Å²) in [4.78, 5) is 15.0. The third kappa shape index (κ3) is 3.75. The number of likely N-dealkylation sites (tertiary alicyclic amines) is 1. The van der Waals surface area contributed by atoms with Crippen molar-refractivity contribution in [2.24, 2.45) is 0 Å². The molecule has 2 heterocycles. The van der Waals surface area contributed by atoms with E-state index in [-0.39, 0.29) is 5.78 Å². The second-order valence-electron chi connectivity index (χ2n) is 7.23. The molecule has 0 amide bonds. The molecule has 4 heteroatoms. The maximum absolute atomic E-state index is 12.6. The van der Waals surface area contributed by atoms with Gasteiger partial charge in [0.15, 0.2) is 17.3 Å². The molecule has 4 rings (SSSR count). The van der Waals surface area contributed by atoms with Crippen LogP contribution in [0.25, 0.3) is 0 Å². The van der Waals surface area contributed by atoms with Gasteiger partial charge in [0.1, 0.15) is 13.2 Å². The second-order valence-corrected chi connectivity index (χ2v) is 7.23. The maximum atomic E-state index is 12.6. The van der Waals surface area contributed by atoms with E-state index in [0.29, 0.717) is 36.9 Å². The molecule has 2 aromatic rings. The number of hydrogen-bond donors (Lipinski definition) is 0. The highest BCUT2D eigenvalue weighted by Gasteiger charge is 2.24. The fourth-order valence-corrected chi connectivity index (χ4v) is 3.77. The van der Waals surface area contributed by atoms with Gasteiger partial charge < -0.3 is 14.4 Å². The lowest BCUT2D eigenvalue weighted by molar-refractivity contribution is 0.0967. The Morgan fingerprint density at radius 1 is 1.08 bits per heavy atom. The van der Waals surface area contributed by atoms with Crippen LogP contribution in [0.1, 0.15) is 40.2 Å². The Hall–Kier alpha value is -2.33. The van der Waals surface area contributed by atoms with Gasteiger partial charge in [0.2, 0.25) is 0 Å². The molecule has 136 valence electrons. The van der Waals surface area contributed by atoms with Crippen molar-refractivity contribution in [1.29, 1.82) is 0 Å². The van der Waals surface area contributed by atoms with Gasteiger partial charge in [-0.1, -0.05) is 29.8 Å². The van der Waals surface area contributed by atoms with Gasteiger partial charge in [-0.25, -0.2) is 0 Å².